The van der Waals surface area contributed by atoms with Gasteiger partial charge in [-0.05, 0) is 55.9 Å². The van der Waals surface area contributed by atoms with Gasteiger partial charge in [-0.1, -0.05) is 6.42 Å². The van der Waals surface area contributed by atoms with E-state index in [1.807, 2.05) is 25.1 Å². The fraction of sp³-hybridized carbons (Fsp3) is 0.533. The molecule has 1 aromatic carbocycles. The van der Waals surface area contributed by atoms with Crippen LogP contribution in [0.1, 0.15) is 36.8 Å². The van der Waals surface area contributed by atoms with Gasteiger partial charge in [0.2, 0.25) is 0 Å². The third-order valence-corrected chi connectivity index (χ3v) is 3.76. The molecule has 0 bridgehead atoms. The predicted octanol–water partition coefficient (Wildman–Crippen LogP) is 2.83. The van der Waals surface area contributed by atoms with E-state index >= 15 is 0 Å². The second-order valence-electron chi connectivity index (χ2n) is 5.20. The van der Waals surface area contributed by atoms with Crippen LogP contribution in [0.5, 0.6) is 0 Å². The summed E-state index contributed by atoms with van der Waals surface area (Å²) in [5.41, 5.74) is 2.82. The lowest BCUT2D eigenvalue weighted by Gasteiger charge is -2.29. The number of hydrogen-bond acceptors (Lipinski definition) is 3. The molecule has 1 saturated carbocycles. The first-order valence-corrected chi connectivity index (χ1v) is 6.61. The van der Waals surface area contributed by atoms with Crippen molar-refractivity contribution in [3.8, 4) is 6.07 Å². The van der Waals surface area contributed by atoms with Gasteiger partial charge in [-0.2, -0.15) is 5.26 Å². The number of aryl methyl sites for hydroxylation is 1. The summed E-state index contributed by atoms with van der Waals surface area (Å²) in [5, 5.41) is 21.6. The molecule has 2 unspecified atom stereocenters. The van der Waals surface area contributed by atoms with Crippen LogP contribution in [0.15, 0.2) is 18.2 Å². The first kappa shape index (κ1) is 12.9. The molecule has 3 nitrogen and oxygen atoms in total. The third kappa shape index (κ3) is 3.02. The minimum Gasteiger partial charge on any atom is -0.396 e. The zero-order valence-electron chi connectivity index (χ0n) is 10.8. The number of nitriles is 1. The van der Waals surface area contributed by atoms with Crippen molar-refractivity contribution >= 4 is 5.69 Å². The number of aliphatic hydroxyl groups is 1. The third-order valence-electron chi connectivity index (χ3n) is 3.76. The molecule has 3 heteroatoms. The van der Waals surface area contributed by atoms with Crippen LogP contribution < -0.4 is 5.32 Å². The summed E-state index contributed by atoms with van der Waals surface area (Å²) in [6.45, 7) is 2.26. The molecule has 1 aliphatic rings. The molecule has 2 N–H and O–H groups in total. The number of nitrogens with zero attached hydrogens (tertiary/aromatic N) is 1. The molecule has 1 fully saturated rings. The molecule has 0 aromatic heterocycles. The Kier molecular flexibility index (Phi) is 4.22. The summed E-state index contributed by atoms with van der Waals surface area (Å²) in [4.78, 5) is 0. The lowest BCUT2D eigenvalue weighted by atomic mass is 9.86. The molecule has 96 valence electrons. The van der Waals surface area contributed by atoms with E-state index in [-0.39, 0.29) is 0 Å². The fourth-order valence-electron chi connectivity index (χ4n) is 2.70. The highest BCUT2D eigenvalue weighted by atomic mass is 16.3. The van der Waals surface area contributed by atoms with E-state index in [2.05, 4.69) is 11.4 Å². The summed E-state index contributed by atoms with van der Waals surface area (Å²) in [7, 11) is 0. The van der Waals surface area contributed by atoms with Gasteiger partial charge in [0.1, 0.15) is 0 Å². The van der Waals surface area contributed by atoms with Gasteiger partial charge in [0, 0.05) is 18.3 Å². The number of anilines is 1. The smallest absolute Gasteiger partial charge is 0.0994 e. The molecule has 0 saturated heterocycles. The molecule has 0 radical (unpaired) electrons. The summed E-state index contributed by atoms with van der Waals surface area (Å²) in [6.07, 6.45) is 4.52. The van der Waals surface area contributed by atoms with E-state index in [9.17, 15) is 5.11 Å². The van der Waals surface area contributed by atoms with Crippen LogP contribution in [-0.2, 0) is 0 Å². The molecule has 1 aromatic rings. The number of aliphatic hydroxyl groups excluding tert-OH is 1. The summed E-state index contributed by atoms with van der Waals surface area (Å²) >= 11 is 0. The predicted molar refractivity (Wildman–Crippen MR) is 72.3 cm³/mol. The van der Waals surface area contributed by atoms with Crippen molar-refractivity contribution in [1.82, 2.24) is 0 Å². The van der Waals surface area contributed by atoms with Crippen molar-refractivity contribution in [2.45, 2.75) is 38.6 Å². The van der Waals surface area contributed by atoms with Gasteiger partial charge in [-0.15, -0.1) is 0 Å². The van der Waals surface area contributed by atoms with E-state index in [1.165, 1.54) is 6.42 Å². The Labute approximate surface area is 108 Å². The minimum absolute atomic E-state index is 0.296. The number of hydrogen-bond donors (Lipinski definition) is 2. The van der Waals surface area contributed by atoms with Crippen molar-refractivity contribution in [3.05, 3.63) is 29.3 Å². The Morgan fingerprint density at radius 3 is 2.94 bits per heavy atom. The lowest BCUT2D eigenvalue weighted by molar-refractivity contribution is 0.184. The maximum Gasteiger partial charge on any atom is 0.0994 e. The fourth-order valence-corrected chi connectivity index (χ4v) is 2.70. The molecular formula is C15H20N2O. The highest BCUT2D eigenvalue weighted by Crippen LogP contribution is 2.26. The van der Waals surface area contributed by atoms with Gasteiger partial charge in [0.15, 0.2) is 0 Å². The van der Waals surface area contributed by atoms with Crippen LogP contribution in [-0.4, -0.2) is 17.8 Å². The zero-order chi connectivity index (χ0) is 13.0. The molecular weight excluding hydrogens is 224 g/mol. The Bertz CT molecular complexity index is 450. The zero-order valence-corrected chi connectivity index (χ0v) is 10.8. The van der Waals surface area contributed by atoms with E-state index in [0.717, 1.165) is 36.1 Å². The van der Waals surface area contributed by atoms with Crippen LogP contribution >= 0.6 is 0 Å². The molecule has 1 aliphatic carbocycles. The summed E-state index contributed by atoms with van der Waals surface area (Å²) in [6, 6.07) is 8.49. The first-order valence-electron chi connectivity index (χ1n) is 6.61. The Morgan fingerprint density at radius 2 is 2.28 bits per heavy atom. The Hall–Kier alpha value is -1.53. The second-order valence-corrected chi connectivity index (χ2v) is 5.20. The first-order chi connectivity index (χ1) is 8.72. The molecule has 0 aliphatic heterocycles. The molecule has 0 spiro atoms. The topological polar surface area (TPSA) is 56.0 Å². The standard InChI is InChI=1S/C15H20N2O/c1-11-7-15(6-5-13(11)9-16)17-14-4-2-3-12(8-14)10-18/h5-7,12,14,17-18H,2-4,8,10H2,1H3. The number of rotatable bonds is 3. The normalized spacial score (nSPS) is 23.4. The van der Waals surface area contributed by atoms with Crippen LogP contribution in [0.3, 0.4) is 0 Å². The van der Waals surface area contributed by atoms with E-state index in [1.54, 1.807) is 0 Å². The van der Waals surface area contributed by atoms with E-state index in [0.29, 0.717) is 18.6 Å². The van der Waals surface area contributed by atoms with Gasteiger partial charge in [0.05, 0.1) is 11.6 Å². The van der Waals surface area contributed by atoms with Crippen molar-refractivity contribution in [1.29, 1.82) is 5.26 Å². The van der Waals surface area contributed by atoms with E-state index < -0.39 is 0 Å². The van der Waals surface area contributed by atoms with Gasteiger partial charge >= 0.3 is 0 Å². The maximum absolute atomic E-state index is 9.22. The van der Waals surface area contributed by atoms with Crippen molar-refractivity contribution in [2.24, 2.45) is 5.92 Å². The number of benzene rings is 1. The second kappa shape index (κ2) is 5.88. The molecule has 0 amide bonds. The lowest BCUT2D eigenvalue weighted by Crippen LogP contribution is -2.28. The molecule has 0 heterocycles. The minimum atomic E-state index is 0.296. The highest BCUT2D eigenvalue weighted by Gasteiger charge is 2.21. The highest BCUT2D eigenvalue weighted by molar-refractivity contribution is 5.52. The quantitative estimate of drug-likeness (QED) is 0.859. The Morgan fingerprint density at radius 1 is 1.44 bits per heavy atom. The monoisotopic (exact) mass is 244 g/mol. The summed E-state index contributed by atoms with van der Waals surface area (Å²) < 4.78 is 0. The van der Waals surface area contributed by atoms with Crippen LogP contribution in [0, 0.1) is 24.2 Å². The van der Waals surface area contributed by atoms with Crippen LogP contribution in [0.2, 0.25) is 0 Å². The summed E-state index contributed by atoms with van der Waals surface area (Å²) in [5.74, 6) is 0.440. The van der Waals surface area contributed by atoms with Gasteiger partial charge in [0.25, 0.3) is 0 Å². The molecule has 18 heavy (non-hydrogen) atoms. The van der Waals surface area contributed by atoms with E-state index in [4.69, 9.17) is 5.26 Å². The van der Waals surface area contributed by atoms with Gasteiger partial charge in [-0.25, -0.2) is 0 Å². The SMILES string of the molecule is Cc1cc(NC2CCCC(CO)C2)ccc1C#N. The van der Waals surface area contributed by atoms with Crippen molar-refractivity contribution < 1.29 is 5.11 Å². The van der Waals surface area contributed by atoms with Crippen molar-refractivity contribution in [2.75, 3.05) is 11.9 Å². The average molecular weight is 244 g/mol. The molecule has 2 atom stereocenters. The van der Waals surface area contributed by atoms with Gasteiger partial charge < -0.3 is 10.4 Å². The molecule has 2 rings (SSSR count). The van der Waals surface area contributed by atoms with Crippen LogP contribution in [0.25, 0.3) is 0 Å². The van der Waals surface area contributed by atoms with Crippen molar-refractivity contribution in [3.63, 3.8) is 0 Å². The Balaban J connectivity index is 2.01. The van der Waals surface area contributed by atoms with Gasteiger partial charge in [-0.3, -0.25) is 0 Å². The van der Waals surface area contributed by atoms with Crippen LogP contribution in [0.4, 0.5) is 5.69 Å². The maximum atomic E-state index is 9.22. The average Bonchev–Trinajstić information content (AvgIpc) is 2.39. The number of nitrogens with one attached hydrogen (secondary N) is 1. The largest absolute Gasteiger partial charge is 0.396 e.